The first-order valence-corrected chi connectivity index (χ1v) is 14.7. The predicted molar refractivity (Wildman–Crippen MR) is 159 cm³/mol. The fourth-order valence-corrected chi connectivity index (χ4v) is 4.96. The van der Waals surface area contributed by atoms with Crippen molar-refractivity contribution < 1.29 is 19.4 Å². The number of aryl methyl sites for hydroxylation is 1. The molecule has 0 fully saturated rings. The number of carbonyl (C=O) groups is 2. The summed E-state index contributed by atoms with van der Waals surface area (Å²) < 4.78 is 7.36. The van der Waals surface area contributed by atoms with E-state index in [0.717, 1.165) is 88.2 Å². The molecular weight excluding hydrogens is 488 g/mol. The van der Waals surface area contributed by atoms with E-state index in [1.54, 1.807) is 7.11 Å². The lowest BCUT2D eigenvalue weighted by atomic mass is 9.99. The number of hydrogen-bond acceptors (Lipinski definition) is 4. The standard InChI is InChI=1S/C33H46N2O4/c1-4-6-20-34(21-7-5-2)32(37)25-35-24-30(29-19-18-28(39-3)23-31(29)35)33(38)27-16-14-26(15-17-27)13-11-9-8-10-12-22-36/h14-19,23-24,36H,4-13,20-22,25H2,1-3H3. The average molecular weight is 535 g/mol. The predicted octanol–water partition coefficient (Wildman–Crippen LogP) is 6.80. The van der Waals surface area contributed by atoms with Gasteiger partial charge in [0.15, 0.2) is 5.78 Å². The van der Waals surface area contributed by atoms with Crippen LogP contribution in [0.3, 0.4) is 0 Å². The molecule has 0 bridgehead atoms. The van der Waals surface area contributed by atoms with Crippen LogP contribution in [0.4, 0.5) is 0 Å². The maximum atomic E-state index is 13.6. The monoisotopic (exact) mass is 534 g/mol. The Labute approximate surface area is 234 Å². The number of aromatic nitrogens is 1. The van der Waals surface area contributed by atoms with Gasteiger partial charge in [-0.15, -0.1) is 0 Å². The van der Waals surface area contributed by atoms with Crippen LogP contribution in [0.5, 0.6) is 5.75 Å². The number of benzene rings is 2. The number of aliphatic hydroxyl groups is 1. The van der Waals surface area contributed by atoms with Crippen molar-refractivity contribution in [2.24, 2.45) is 0 Å². The number of ketones is 1. The largest absolute Gasteiger partial charge is 0.497 e. The number of rotatable bonds is 18. The number of carbonyl (C=O) groups excluding carboxylic acids is 2. The van der Waals surface area contributed by atoms with Gasteiger partial charge in [-0.25, -0.2) is 0 Å². The highest BCUT2D eigenvalue weighted by Gasteiger charge is 2.20. The molecule has 0 aliphatic heterocycles. The van der Waals surface area contributed by atoms with Crippen LogP contribution in [0, 0.1) is 0 Å². The van der Waals surface area contributed by atoms with E-state index in [-0.39, 0.29) is 24.8 Å². The third-order valence-corrected chi connectivity index (χ3v) is 7.40. The third-order valence-electron chi connectivity index (χ3n) is 7.40. The minimum Gasteiger partial charge on any atom is -0.497 e. The number of methoxy groups -OCH3 is 1. The number of ether oxygens (including phenoxy) is 1. The number of amides is 1. The number of hydrogen-bond donors (Lipinski definition) is 1. The van der Waals surface area contributed by atoms with Gasteiger partial charge in [0, 0.05) is 48.5 Å². The van der Waals surface area contributed by atoms with Crippen LogP contribution in [0.25, 0.3) is 10.9 Å². The number of unbranched alkanes of at least 4 members (excludes halogenated alkanes) is 6. The van der Waals surface area contributed by atoms with E-state index in [4.69, 9.17) is 9.84 Å². The summed E-state index contributed by atoms with van der Waals surface area (Å²) in [6.45, 7) is 6.27. The molecule has 1 amide bonds. The molecule has 0 aliphatic rings. The molecule has 0 aliphatic carbocycles. The first-order chi connectivity index (χ1) is 19.0. The second-order valence-electron chi connectivity index (χ2n) is 10.4. The molecule has 2 aromatic carbocycles. The number of fused-ring (bicyclic) bond motifs is 1. The second kappa shape index (κ2) is 16.1. The molecule has 0 atom stereocenters. The van der Waals surface area contributed by atoms with Crippen molar-refractivity contribution >= 4 is 22.6 Å². The molecule has 39 heavy (non-hydrogen) atoms. The van der Waals surface area contributed by atoms with E-state index in [2.05, 4.69) is 13.8 Å². The van der Waals surface area contributed by atoms with Crippen LogP contribution >= 0.6 is 0 Å². The molecule has 6 heteroatoms. The Kier molecular flexibility index (Phi) is 12.6. The van der Waals surface area contributed by atoms with E-state index in [9.17, 15) is 9.59 Å². The molecule has 0 saturated carbocycles. The second-order valence-corrected chi connectivity index (χ2v) is 10.4. The van der Waals surface area contributed by atoms with Crippen LogP contribution in [0.2, 0.25) is 0 Å². The fraction of sp³-hybridized carbons (Fsp3) is 0.515. The molecule has 1 aromatic heterocycles. The van der Waals surface area contributed by atoms with Crippen molar-refractivity contribution in [1.82, 2.24) is 9.47 Å². The van der Waals surface area contributed by atoms with Gasteiger partial charge in [0.2, 0.25) is 5.91 Å². The van der Waals surface area contributed by atoms with Gasteiger partial charge in [-0.05, 0) is 49.8 Å². The first-order valence-electron chi connectivity index (χ1n) is 14.7. The summed E-state index contributed by atoms with van der Waals surface area (Å²) in [7, 11) is 1.62. The smallest absolute Gasteiger partial charge is 0.242 e. The van der Waals surface area contributed by atoms with Gasteiger partial charge in [0.25, 0.3) is 0 Å². The lowest BCUT2D eigenvalue weighted by Crippen LogP contribution is -2.35. The molecule has 1 heterocycles. The minimum atomic E-state index is -0.0410. The quantitative estimate of drug-likeness (QED) is 0.144. The molecule has 0 spiro atoms. The van der Waals surface area contributed by atoms with Crippen molar-refractivity contribution in [2.75, 3.05) is 26.8 Å². The van der Waals surface area contributed by atoms with Crippen LogP contribution in [-0.4, -0.2) is 53.1 Å². The summed E-state index contributed by atoms with van der Waals surface area (Å²) in [5.74, 6) is 0.736. The van der Waals surface area contributed by atoms with E-state index in [1.807, 2.05) is 58.1 Å². The highest BCUT2D eigenvalue weighted by molar-refractivity contribution is 6.16. The van der Waals surface area contributed by atoms with Gasteiger partial charge >= 0.3 is 0 Å². The summed E-state index contributed by atoms with van der Waals surface area (Å²) >= 11 is 0. The number of nitrogens with zero attached hydrogens (tertiary/aromatic N) is 2. The molecule has 0 saturated heterocycles. The average Bonchev–Trinajstić information content (AvgIpc) is 3.32. The summed E-state index contributed by atoms with van der Waals surface area (Å²) in [4.78, 5) is 29.0. The van der Waals surface area contributed by atoms with Crippen LogP contribution < -0.4 is 4.74 Å². The Hall–Kier alpha value is -3.12. The topological polar surface area (TPSA) is 71.8 Å². The van der Waals surface area contributed by atoms with Crippen molar-refractivity contribution in [3.8, 4) is 5.75 Å². The van der Waals surface area contributed by atoms with Crippen molar-refractivity contribution in [2.45, 2.75) is 84.6 Å². The Morgan fingerprint density at radius 2 is 1.54 bits per heavy atom. The molecule has 1 N–H and O–H groups in total. The Bertz CT molecular complexity index is 1170. The molecule has 0 unspecified atom stereocenters. The van der Waals surface area contributed by atoms with Gasteiger partial charge in [-0.2, -0.15) is 0 Å². The summed E-state index contributed by atoms with van der Waals surface area (Å²) in [6, 6.07) is 13.6. The highest BCUT2D eigenvalue weighted by atomic mass is 16.5. The third kappa shape index (κ3) is 8.69. The van der Waals surface area contributed by atoms with Crippen molar-refractivity contribution in [1.29, 1.82) is 0 Å². The lowest BCUT2D eigenvalue weighted by molar-refractivity contribution is -0.131. The van der Waals surface area contributed by atoms with Crippen molar-refractivity contribution in [3.05, 3.63) is 65.4 Å². The van der Waals surface area contributed by atoms with E-state index < -0.39 is 0 Å². The zero-order valence-electron chi connectivity index (χ0n) is 24.1. The number of aliphatic hydroxyl groups excluding tert-OH is 1. The normalized spacial score (nSPS) is 11.2. The Morgan fingerprint density at radius 1 is 0.872 bits per heavy atom. The van der Waals surface area contributed by atoms with Crippen LogP contribution in [0.15, 0.2) is 48.7 Å². The van der Waals surface area contributed by atoms with Gasteiger partial charge in [0.1, 0.15) is 12.3 Å². The van der Waals surface area contributed by atoms with Gasteiger partial charge < -0.3 is 19.3 Å². The molecule has 3 rings (SSSR count). The highest BCUT2D eigenvalue weighted by Crippen LogP contribution is 2.28. The molecule has 6 nitrogen and oxygen atoms in total. The Morgan fingerprint density at radius 3 is 2.18 bits per heavy atom. The minimum absolute atomic E-state index is 0.0410. The van der Waals surface area contributed by atoms with Gasteiger partial charge in [-0.1, -0.05) is 70.2 Å². The summed E-state index contributed by atoms with van der Waals surface area (Å²) in [6.07, 6.45) is 12.2. The fourth-order valence-electron chi connectivity index (χ4n) is 4.96. The zero-order valence-corrected chi connectivity index (χ0v) is 24.1. The Balaban J connectivity index is 1.79. The van der Waals surface area contributed by atoms with Crippen LogP contribution in [-0.2, 0) is 17.8 Å². The van der Waals surface area contributed by atoms with Crippen LogP contribution in [0.1, 0.15) is 93.1 Å². The van der Waals surface area contributed by atoms with Gasteiger partial charge in [-0.3, -0.25) is 9.59 Å². The zero-order chi connectivity index (χ0) is 28.0. The SMILES string of the molecule is CCCCN(CCCC)C(=O)Cn1cc(C(=O)c2ccc(CCCCCCCO)cc2)c2ccc(OC)cc21. The molecular formula is C33H46N2O4. The van der Waals surface area contributed by atoms with E-state index in [1.165, 1.54) is 5.56 Å². The van der Waals surface area contributed by atoms with Crippen molar-refractivity contribution in [3.63, 3.8) is 0 Å². The van der Waals surface area contributed by atoms with E-state index >= 15 is 0 Å². The first kappa shape index (κ1) is 30.4. The maximum absolute atomic E-state index is 13.6. The summed E-state index contributed by atoms with van der Waals surface area (Å²) in [5, 5.41) is 9.73. The molecule has 212 valence electrons. The lowest BCUT2D eigenvalue weighted by Gasteiger charge is -2.23. The maximum Gasteiger partial charge on any atom is 0.242 e. The summed E-state index contributed by atoms with van der Waals surface area (Å²) in [5.41, 5.74) is 3.31. The van der Waals surface area contributed by atoms with Gasteiger partial charge in [0.05, 0.1) is 12.6 Å². The van der Waals surface area contributed by atoms with E-state index in [0.29, 0.717) is 16.9 Å². The molecule has 0 radical (unpaired) electrons. The molecule has 3 aromatic rings.